The lowest BCUT2D eigenvalue weighted by Crippen LogP contribution is -2.18. The van der Waals surface area contributed by atoms with E-state index in [9.17, 15) is 13.2 Å². The molecule has 0 heterocycles. The summed E-state index contributed by atoms with van der Waals surface area (Å²) >= 11 is 0. The number of esters is 1. The predicted octanol–water partition coefficient (Wildman–Crippen LogP) is 4.38. The van der Waals surface area contributed by atoms with Gasteiger partial charge in [-0.3, -0.25) is 0 Å². The second kappa shape index (κ2) is 9.54. The minimum absolute atomic E-state index is 0.107. The number of rotatable bonds is 7. The van der Waals surface area contributed by atoms with Gasteiger partial charge in [-0.2, -0.15) is 13.5 Å². The smallest absolute Gasteiger partial charge is 0.344 e. The maximum Gasteiger partial charge on any atom is 0.344 e. The van der Waals surface area contributed by atoms with Crippen LogP contribution >= 0.6 is 0 Å². The number of carbonyl (C=O) groups excluding carboxylic acids is 1. The zero-order valence-corrected chi connectivity index (χ0v) is 18.5. The van der Waals surface area contributed by atoms with Crippen molar-refractivity contribution in [2.45, 2.75) is 4.90 Å². The van der Waals surface area contributed by atoms with Crippen LogP contribution in [0.1, 0.15) is 15.9 Å². The molecule has 0 spiro atoms. The normalized spacial score (nSPS) is 11.4. The summed E-state index contributed by atoms with van der Waals surface area (Å²) in [5.74, 6) is 0.0260. The van der Waals surface area contributed by atoms with Crippen LogP contribution in [0.15, 0.2) is 101 Å². The molecule has 8 heteroatoms. The lowest BCUT2D eigenvalue weighted by molar-refractivity contribution is 0.0732. The molecule has 0 saturated carbocycles. The van der Waals surface area contributed by atoms with Crippen LogP contribution in [-0.4, -0.2) is 27.7 Å². The molecule has 0 aliphatic carbocycles. The van der Waals surface area contributed by atoms with Gasteiger partial charge >= 0.3 is 5.97 Å². The molecule has 4 rings (SSSR count). The Bertz CT molecular complexity index is 1430. The van der Waals surface area contributed by atoms with E-state index in [2.05, 4.69) is 9.93 Å². The summed E-state index contributed by atoms with van der Waals surface area (Å²) in [6.07, 6.45) is 1.33. The molecule has 0 saturated heterocycles. The molecule has 0 fully saturated rings. The van der Waals surface area contributed by atoms with E-state index in [1.165, 1.54) is 25.5 Å². The Morgan fingerprint density at radius 3 is 2.39 bits per heavy atom. The van der Waals surface area contributed by atoms with Gasteiger partial charge in [-0.15, -0.1) is 0 Å². The van der Waals surface area contributed by atoms with E-state index >= 15 is 0 Å². The molecule has 0 aliphatic rings. The summed E-state index contributed by atoms with van der Waals surface area (Å²) in [6, 6.07) is 25.7. The van der Waals surface area contributed by atoms with Crippen molar-refractivity contribution >= 4 is 33.0 Å². The van der Waals surface area contributed by atoms with Crippen molar-refractivity contribution in [1.29, 1.82) is 0 Å². The van der Waals surface area contributed by atoms with Gasteiger partial charge in [0.05, 0.1) is 23.8 Å². The highest BCUT2D eigenvalue weighted by Gasteiger charge is 2.15. The van der Waals surface area contributed by atoms with Crippen molar-refractivity contribution in [2.24, 2.45) is 5.10 Å². The Kier molecular flexibility index (Phi) is 6.37. The van der Waals surface area contributed by atoms with Crippen molar-refractivity contribution in [1.82, 2.24) is 4.83 Å². The van der Waals surface area contributed by atoms with E-state index in [1.807, 2.05) is 30.3 Å². The van der Waals surface area contributed by atoms with Gasteiger partial charge in [0.25, 0.3) is 10.0 Å². The van der Waals surface area contributed by atoms with Crippen LogP contribution in [-0.2, 0) is 10.0 Å². The van der Waals surface area contributed by atoms with Crippen LogP contribution in [0.2, 0.25) is 0 Å². The fraction of sp³-hybridized carbons (Fsp3) is 0.0400. The molecule has 166 valence electrons. The van der Waals surface area contributed by atoms with Gasteiger partial charge in [-0.1, -0.05) is 54.6 Å². The summed E-state index contributed by atoms with van der Waals surface area (Å²) in [7, 11) is -2.32. The number of hydrogen-bond donors (Lipinski definition) is 1. The molecule has 0 aromatic heterocycles. The summed E-state index contributed by atoms with van der Waals surface area (Å²) < 4.78 is 35.4. The summed E-state index contributed by atoms with van der Waals surface area (Å²) in [5.41, 5.74) is 0.990. The molecule has 0 atom stereocenters. The van der Waals surface area contributed by atoms with Crippen LogP contribution in [0.4, 0.5) is 0 Å². The number of carbonyl (C=O) groups is 1. The lowest BCUT2D eigenvalue weighted by atomic mass is 10.0. The van der Waals surface area contributed by atoms with Gasteiger partial charge in [0.2, 0.25) is 0 Å². The molecule has 0 bridgehead atoms. The third-order valence-corrected chi connectivity index (χ3v) is 6.08. The van der Waals surface area contributed by atoms with E-state index < -0.39 is 16.0 Å². The van der Waals surface area contributed by atoms with E-state index in [4.69, 9.17) is 9.47 Å². The summed E-state index contributed by atoms with van der Waals surface area (Å²) in [5, 5.41) is 5.54. The van der Waals surface area contributed by atoms with Crippen molar-refractivity contribution in [3.8, 4) is 11.5 Å². The topological polar surface area (TPSA) is 94.1 Å². The monoisotopic (exact) mass is 460 g/mol. The van der Waals surface area contributed by atoms with Crippen LogP contribution in [0, 0.1) is 0 Å². The molecule has 4 aromatic rings. The molecular weight excluding hydrogens is 440 g/mol. The first-order valence-electron chi connectivity index (χ1n) is 9.96. The van der Waals surface area contributed by atoms with Gasteiger partial charge in [-0.05, 0) is 52.7 Å². The summed E-state index contributed by atoms with van der Waals surface area (Å²) in [4.78, 5) is 15.1. The van der Waals surface area contributed by atoms with E-state index in [0.717, 1.165) is 10.8 Å². The maximum atomic E-state index is 12.8. The molecule has 0 unspecified atom stereocenters. The van der Waals surface area contributed by atoms with Crippen molar-refractivity contribution in [2.75, 3.05) is 7.11 Å². The van der Waals surface area contributed by atoms with Crippen molar-refractivity contribution < 1.29 is 22.7 Å². The van der Waals surface area contributed by atoms with Crippen LogP contribution in [0.5, 0.6) is 11.5 Å². The van der Waals surface area contributed by atoms with Gasteiger partial charge in [0.1, 0.15) is 0 Å². The number of fused-ring (bicyclic) bond motifs is 1. The SMILES string of the molecule is COc1cc(/C=N/NS(=O)(=O)c2ccccc2)ccc1OC(=O)c1cccc2ccccc12. The Balaban J connectivity index is 1.51. The quantitative estimate of drug-likeness (QED) is 0.191. The number of hydrogen-bond acceptors (Lipinski definition) is 6. The highest BCUT2D eigenvalue weighted by Crippen LogP contribution is 2.29. The minimum atomic E-state index is -3.77. The number of nitrogens with zero attached hydrogens (tertiary/aromatic N) is 1. The van der Waals surface area contributed by atoms with E-state index in [1.54, 1.807) is 48.5 Å². The Morgan fingerprint density at radius 2 is 1.61 bits per heavy atom. The lowest BCUT2D eigenvalue weighted by Gasteiger charge is -2.11. The van der Waals surface area contributed by atoms with E-state index in [0.29, 0.717) is 16.9 Å². The minimum Gasteiger partial charge on any atom is -0.493 e. The third kappa shape index (κ3) is 5.02. The molecular formula is C25H20N2O5S. The van der Waals surface area contributed by atoms with Crippen molar-refractivity contribution in [3.63, 3.8) is 0 Å². The summed E-state index contributed by atoms with van der Waals surface area (Å²) in [6.45, 7) is 0. The number of hydrazone groups is 1. The average Bonchev–Trinajstić information content (AvgIpc) is 2.85. The third-order valence-electron chi connectivity index (χ3n) is 4.84. The molecule has 0 amide bonds. The molecule has 0 radical (unpaired) electrons. The number of ether oxygens (including phenoxy) is 2. The number of sulfonamides is 1. The van der Waals surface area contributed by atoms with Crippen LogP contribution in [0.3, 0.4) is 0 Å². The first kappa shape index (κ1) is 22.0. The first-order chi connectivity index (χ1) is 16.0. The molecule has 33 heavy (non-hydrogen) atoms. The maximum absolute atomic E-state index is 12.8. The van der Waals surface area contributed by atoms with Crippen LogP contribution < -0.4 is 14.3 Å². The predicted molar refractivity (Wildman–Crippen MR) is 126 cm³/mol. The van der Waals surface area contributed by atoms with Gasteiger partial charge < -0.3 is 9.47 Å². The fourth-order valence-corrected chi connectivity index (χ4v) is 4.04. The fourth-order valence-electron chi connectivity index (χ4n) is 3.23. The highest BCUT2D eigenvalue weighted by molar-refractivity contribution is 7.89. The first-order valence-corrected chi connectivity index (χ1v) is 11.4. The van der Waals surface area contributed by atoms with Crippen LogP contribution in [0.25, 0.3) is 10.8 Å². The Morgan fingerprint density at radius 1 is 0.879 bits per heavy atom. The zero-order chi connectivity index (χ0) is 23.3. The highest BCUT2D eigenvalue weighted by atomic mass is 32.2. The second-order valence-corrected chi connectivity index (χ2v) is 8.65. The zero-order valence-electron chi connectivity index (χ0n) is 17.6. The Labute approximate surface area is 191 Å². The average molecular weight is 461 g/mol. The number of methoxy groups -OCH3 is 1. The largest absolute Gasteiger partial charge is 0.493 e. The molecule has 4 aromatic carbocycles. The van der Waals surface area contributed by atoms with Crippen molar-refractivity contribution in [3.05, 3.63) is 102 Å². The molecule has 0 aliphatic heterocycles. The Hall–Kier alpha value is -4.17. The van der Waals surface area contributed by atoms with E-state index in [-0.39, 0.29) is 10.6 Å². The number of nitrogens with one attached hydrogen (secondary N) is 1. The standard InChI is InChI=1S/C25H20N2O5S/c1-31-24-16-18(17-26-27-33(29,30)20-10-3-2-4-11-20)14-15-23(24)32-25(28)22-13-7-9-19-8-5-6-12-21(19)22/h2-17,27H,1H3/b26-17+. The van der Waals surface area contributed by atoms with Gasteiger partial charge in [0, 0.05) is 0 Å². The number of benzene rings is 4. The van der Waals surface area contributed by atoms with Gasteiger partial charge in [0.15, 0.2) is 11.5 Å². The molecule has 1 N–H and O–H groups in total. The van der Waals surface area contributed by atoms with Gasteiger partial charge in [-0.25, -0.2) is 9.63 Å². The molecule has 7 nitrogen and oxygen atoms in total. The second-order valence-electron chi connectivity index (χ2n) is 6.99.